The zero-order valence-electron chi connectivity index (χ0n) is 16.7. The Morgan fingerprint density at radius 3 is 2.23 bits per heavy atom. The fraction of sp³-hybridized carbons (Fsp3) is 0.125. The summed E-state index contributed by atoms with van der Waals surface area (Å²) in [6, 6.07) is 23.1. The molecule has 0 aliphatic heterocycles. The Morgan fingerprint density at radius 2 is 1.60 bits per heavy atom. The number of nitrogens with one attached hydrogen (secondary N) is 1. The minimum Gasteiger partial charge on any atom is -0.423 e. The first-order valence-electron chi connectivity index (χ1n) is 9.36. The summed E-state index contributed by atoms with van der Waals surface area (Å²) in [5, 5.41) is 3.97. The topological polar surface area (TPSA) is 77.0 Å². The molecule has 152 valence electrons. The molecule has 0 fully saturated rings. The summed E-state index contributed by atoms with van der Waals surface area (Å²) in [6.07, 6.45) is 0.758. The van der Waals surface area contributed by atoms with E-state index >= 15 is 0 Å². The van der Waals surface area contributed by atoms with E-state index in [0.717, 1.165) is 16.7 Å². The van der Waals surface area contributed by atoms with Crippen LogP contribution in [0.1, 0.15) is 33.2 Å². The molecule has 6 nitrogen and oxygen atoms in total. The molecule has 6 heteroatoms. The van der Waals surface area contributed by atoms with Gasteiger partial charge in [-0.25, -0.2) is 10.2 Å². The number of carbonyl (C=O) groups excluding carboxylic acids is 2. The fourth-order valence-electron chi connectivity index (χ4n) is 2.73. The van der Waals surface area contributed by atoms with E-state index in [-0.39, 0.29) is 5.91 Å². The number of hydrogen-bond acceptors (Lipinski definition) is 5. The number of aryl methyl sites for hydroxylation is 1. The number of ether oxygens (including phenoxy) is 2. The molecule has 0 radical (unpaired) electrons. The van der Waals surface area contributed by atoms with Crippen molar-refractivity contribution in [2.45, 2.75) is 13.0 Å². The third-order valence-electron chi connectivity index (χ3n) is 4.34. The first-order chi connectivity index (χ1) is 14.6. The van der Waals surface area contributed by atoms with Gasteiger partial charge in [0.2, 0.25) is 0 Å². The fourth-order valence-corrected chi connectivity index (χ4v) is 2.73. The number of hydrazone groups is 1. The van der Waals surface area contributed by atoms with Crippen molar-refractivity contribution in [3.8, 4) is 5.75 Å². The number of esters is 1. The number of benzene rings is 3. The lowest BCUT2D eigenvalue weighted by Crippen LogP contribution is -2.26. The van der Waals surface area contributed by atoms with Gasteiger partial charge in [-0.2, -0.15) is 5.10 Å². The van der Waals surface area contributed by atoms with E-state index in [2.05, 4.69) is 10.5 Å². The molecule has 30 heavy (non-hydrogen) atoms. The molecule has 0 bridgehead atoms. The molecule has 3 rings (SSSR count). The second-order valence-corrected chi connectivity index (χ2v) is 6.59. The summed E-state index contributed by atoms with van der Waals surface area (Å²) in [6.45, 7) is 1.95. The summed E-state index contributed by atoms with van der Waals surface area (Å²) >= 11 is 0. The zero-order valence-corrected chi connectivity index (χ0v) is 16.7. The lowest BCUT2D eigenvalue weighted by molar-refractivity contribution is -0.131. The lowest BCUT2D eigenvalue weighted by atomic mass is 10.1. The van der Waals surface area contributed by atoms with Crippen LogP contribution in [0.25, 0.3) is 0 Å². The largest absolute Gasteiger partial charge is 0.423 e. The monoisotopic (exact) mass is 402 g/mol. The first-order valence-corrected chi connectivity index (χ1v) is 9.36. The van der Waals surface area contributed by atoms with Gasteiger partial charge in [-0.15, -0.1) is 0 Å². The Balaban J connectivity index is 1.56. The molecular formula is C24H22N2O4. The average Bonchev–Trinajstić information content (AvgIpc) is 2.77. The third kappa shape index (κ3) is 5.62. The molecule has 0 aromatic heterocycles. The Labute approximate surface area is 175 Å². The van der Waals surface area contributed by atoms with Crippen LogP contribution >= 0.6 is 0 Å². The van der Waals surface area contributed by atoms with Crippen molar-refractivity contribution in [2.24, 2.45) is 5.10 Å². The molecule has 0 heterocycles. The standard InChI is InChI=1S/C24H22N2O4/c1-17-8-12-20(13-9-17)24(28)30-21-14-10-18(11-15-21)16-25-26-23(27)22(29-2)19-6-4-3-5-7-19/h3-16,22H,1-2H3,(H,26,27). The van der Waals surface area contributed by atoms with E-state index in [4.69, 9.17) is 9.47 Å². The normalized spacial score (nSPS) is 11.8. The number of rotatable bonds is 7. The molecule has 0 spiro atoms. The number of nitrogens with zero attached hydrogens (tertiary/aromatic N) is 1. The Kier molecular flexibility index (Phi) is 7.08. The van der Waals surface area contributed by atoms with Gasteiger partial charge in [0.15, 0.2) is 6.10 Å². The smallest absolute Gasteiger partial charge is 0.343 e. The lowest BCUT2D eigenvalue weighted by Gasteiger charge is -2.13. The molecular weight excluding hydrogens is 380 g/mol. The van der Waals surface area contributed by atoms with E-state index in [9.17, 15) is 9.59 Å². The van der Waals surface area contributed by atoms with Gasteiger partial charge in [-0.1, -0.05) is 48.0 Å². The predicted molar refractivity (Wildman–Crippen MR) is 115 cm³/mol. The van der Waals surface area contributed by atoms with Crippen molar-refractivity contribution in [3.63, 3.8) is 0 Å². The van der Waals surface area contributed by atoms with Crippen molar-refractivity contribution < 1.29 is 19.1 Å². The highest BCUT2D eigenvalue weighted by atomic mass is 16.5. The van der Waals surface area contributed by atoms with Crippen molar-refractivity contribution in [2.75, 3.05) is 7.11 Å². The Hall–Kier alpha value is -3.77. The highest BCUT2D eigenvalue weighted by molar-refractivity contribution is 5.91. The predicted octanol–water partition coefficient (Wildman–Crippen LogP) is 4.05. The van der Waals surface area contributed by atoms with Crippen molar-refractivity contribution in [1.82, 2.24) is 5.43 Å². The van der Waals surface area contributed by atoms with Crippen molar-refractivity contribution in [1.29, 1.82) is 0 Å². The molecule has 1 amide bonds. The van der Waals surface area contributed by atoms with Gasteiger partial charge in [-0.3, -0.25) is 4.79 Å². The Morgan fingerprint density at radius 1 is 0.933 bits per heavy atom. The molecule has 1 N–H and O–H groups in total. The molecule has 0 saturated carbocycles. The molecule has 3 aromatic rings. The average molecular weight is 402 g/mol. The minimum atomic E-state index is -0.744. The highest BCUT2D eigenvalue weighted by Crippen LogP contribution is 2.16. The second-order valence-electron chi connectivity index (χ2n) is 6.59. The number of amides is 1. The Bertz CT molecular complexity index is 1010. The molecule has 0 aliphatic rings. The van der Waals surface area contributed by atoms with Gasteiger partial charge < -0.3 is 9.47 Å². The van der Waals surface area contributed by atoms with Gasteiger partial charge in [-0.05, 0) is 54.4 Å². The summed E-state index contributed by atoms with van der Waals surface area (Å²) in [4.78, 5) is 24.4. The van der Waals surface area contributed by atoms with Gasteiger partial charge in [0.1, 0.15) is 5.75 Å². The van der Waals surface area contributed by atoms with Crippen LogP contribution in [-0.4, -0.2) is 25.2 Å². The van der Waals surface area contributed by atoms with Crippen LogP contribution in [0.4, 0.5) is 0 Å². The van der Waals surface area contributed by atoms with Crippen LogP contribution in [0.5, 0.6) is 5.75 Å². The van der Waals surface area contributed by atoms with E-state index in [1.165, 1.54) is 13.3 Å². The quantitative estimate of drug-likeness (QED) is 0.280. The van der Waals surface area contributed by atoms with Crippen LogP contribution in [0.2, 0.25) is 0 Å². The van der Waals surface area contributed by atoms with E-state index in [1.54, 1.807) is 36.4 Å². The van der Waals surface area contributed by atoms with Gasteiger partial charge in [0.25, 0.3) is 5.91 Å². The zero-order chi connectivity index (χ0) is 21.3. The van der Waals surface area contributed by atoms with Crippen LogP contribution in [-0.2, 0) is 9.53 Å². The summed E-state index contributed by atoms with van der Waals surface area (Å²) in [7, 11) is 1.47. The van der Waals surface area contributed by atoms with Gasteiger partial charge >= 0.3 is 5.97 Å². The van der Waals surface area contributed by atoms with Crippen LogP contribution in [0.15, 0.2) is 84.0 Å². The number of methoxy groups -OCH3 is 1. The van der Waals surface area contributed by atoms with Crippen molar-refractivity contribution in [3.05, 3.63) is 101 Å². The van der Waals surface area contributed by atoms with Crippen LogP contribution in [0.3, 0.4) is 0 Å². The molecule has 3 aromatic carbocycles. The summed E-state index contributed by atoms with van der Waals surface area (Å²) in [5.41, 5.74) is 5.51. The third-order valence-corrected chi connectivity index (χ3v) is 4.34. The van der Waals surface area contributed by atoms with Crippen molar-refractivity contribution >= 4 is 18.1 Å². The molecule has 0 aliphatic carbocycles. The minimum absolute atomic E-state index is 0.372. The molecule has 1 unspecified atom stereocenters. The highest BCUT2D eigenvalue weighted by Gasteiger charge is 2.19. The second kappa shape index (κ2) is 10.1. The van der Waals surface area contributed by atoms with Gasteiger partial charge in [0.05, 0.1) is 11.8 Å². The van der Waals surface area contributed by atoms with E-state index in [0.29, 0.717) is 11.3 Å². The number of carbonyl (C=O) groups is 2. The maximum absolute atomic E-state index is 12.3. The molecule has 1 atom stereocenters. The summed E-state index contributed by atoms with van der Waals surface area (Å²) in [5.74, 6) is -0.371. The SMILES string of the molecule is COC(C(=O)NN=Cc1ccc(OC(=O)c2ccc(C)cc2)cc1)c1ccccc1. The van der Waals surface area contributed by atoms with E-state index < -0.39 is 12.1 Å². The maximum atomic E-state index is 12.3. The first kappa shape index (κ1) is 21.0. The van der Waals surface area contributed by atoms with E-state index in [1.807, 2.05) is 49.4 Å². The summed E-state index contributed by atoms with van der Waals surface area (Å²) < 4.78 is 10.6. The van der Waals surface area contributed by atoms with Gasteiger partial charge in [0, 0.05) is 7.11 Å². The van der Waals surface area contributed by atoms with Crippen LogP contribution < -0.4 is 10.2 Å². The number of hydrogen-bond donors (Lipinski definition) is 1. The maximum Gasteiger partial charge on any atom is 0.343 e. The van der Waals surface area contributed by atoms with Crippen LogP contribution in [0, 0.1) is 6.92 Å². The molecule has 0 saturated heterocycles.